The summed E-state index contributed by atoms with van der Waals surface area (Å²) in [5, 5.41) is 11.1. The van der Waals surface area contributed by atoms with E-state index in [0.29, 0.717) is 12.3 Å². The van der Waals surface area contributed by atoms with Crippen LogP contribution in [0.4, 0.5) is 0 Å². The second kappa shape index (κ2) is 6.49. The zero-order chi connectivity index (χ0) is 14.5. The summed E-state index contributed by atoms with van der Waals surface area (Å²) in [4.78, 5) is 17.4. The lowest BCUT2D eigenvalue weighted by molar-refractivity contribution is 0.0693. The average Bonchev–Trinajstić information content (AvgIpc) is 2.90. The van der Waals surface area contributed by atoms with Crippen LogP contribution in [0.2, 0.25) is 0 Å². The second-order valence-corrected chi connectivity index (χ2v) is 5.21. The third kappa shape index (κ3) is 3.55. The Bertz CT molecular complexity index is 584. The molecule has 0 saturated carbocycles. The lowest BCUT2D eigenvalue weighted by atomic mass is 10.1. The molecule has 0 fully saturated rings. The molecule has 1 N–H and O–H groups in total. The van der Waals surface area contributed by atoms with E-state index in [0.717, 1.165) is 17.8 Å². The van der Waals surface area contributed by atoms with E-state index in [2.05, 4.69) is 9.88 Å². The summed E-state index contributed by atoms with van der Waals surface area (Å²) in [6.45, 7) is 1.46. The van der Waals surface area contributed by atoms with Gasteiger partial charge in [-0.2, -0.15) is 0 Å². The molecule has 1 aromatic heterocycles. The number of ether oxygens (including phenoxy) is 1. The van der Waals surface area contributed by atoms with Crippen LogP contribution in [0.3, 0.4) is 0 Å². The van der Waals surface area contributed by atoms with E-state index in [1.807, 2.05) is 24.0 Å². The largest absolute Gasteiger partial charge is 0.496 e. The van der Waals surface area contributed by atoms with Crippen molar-refractivity contribution in [2.45, 2.75) is 13.1 Å². The normalized spacial score (nSPS) is 10.8. The van der Waals surface area contributed by atoms with E-state index in [-0.39, 0.29) is 5.56 Å². The van der Waals surface area contributed by atoms with Crippen molar-refractivity contribution in [3.8, 4) is 5.75 Å². The molecule has 106 valence electrons. The van der Waals surface area contributed by atoms with Crippen molar-refractivity contribution in [3.05, 3.63) is 45.9 Å². The fraction of sp³-hybridized carbons (Fsp3) is 0.286. The third-order valence-electron chi connectivity index (χ3n) is 2.86. The number of thiazole rings is 1. The average molecular weight is 292 g/mol. The van der Waals surface area contributed by atoms with Gasteiger partial charge in [-0.3, -0.25) is 4.90 Å². The molecule has 0 amide bonds. The predicted molar refractivity (Wildman–Crippen MR) is 77.2 cm³/mol. The van der Waals surface area contributed by atoms with E-state index >= 15 is 0 Å². The van der Waals surface area contributed by atoms with Crippen LogP contribution in [0, 0.1) is 0 Å². The minimum absolute atomic E-state index is 0.179. The van der Waals surface area contributed by atoms with Gasteiger partial charge in [0.05, 0.1) is 18.3 Å². The number of carbonyl (C=O) groups is 1. The standard InChI is InChI=1S/C14H16N2O3S/c1-16(7-11-8-20-9-15-11)6-10-3-4-12(14(17)18)13(5-10)19-2/h3-5,8-9H,6-7H2,1-2H3,(H,17,18). The zero-order valence-corrected chi connectivity index (χ0v) is 12.2. The Morgan fingerprint density at radius 2 is 2.25 bits per heavy atom. The number of hydrogen-bond acceptors (Lipinski definition) is 5. The topological polar surface area (TPSA) is 62.7 Å². The number of aromatic carboxylic acids is 1. The zero-order valence-electron chi connectivity index (χ0n) is 11.4. The second-order valence-electron chi connectivity index (χ2n) is 4.49. The molecule has 0 spiro atoms. The molecule has 1 aromatic carbocycles. The first-order valence-corrected chi connectivity index (χ1v) is 7.00. The number of hydrogen-bond donors (Lipinski definition) is 1. The van der Waals surface area contributed by atoms with Crippen LogP contribution in [0.15, 0.2) is 29.1 Å². The molecule has 0 aliphatic heterocycles. The van der Waals surface area contributed by atoms with E-state index in [1.165, 1.54) is 7.11 Å². The van der Waals surface area contributed by atoms with Gasteiger partial charge in [0.15, 0.2) is 0 Å². The molecule has 2 aromatic rings. The minimum Gasteiger partial charge on any atom is -0.496 e. The molecule has 20 heavy (non-hydrogen) atoms. The van der Waals surface area contributed by atoms with E-state index in [9.17, 15) is 4.79 Å². The lowest BCUT2D eigenvalue weighted by Gasteiger charge is -2.16. The van der Waals surface area contributed by atoms with Gasteiger partial charge in [0.2, 0.25) is 0 Å². The fourth-order valence-electron chi connectivity index (χ4n) is 1.97. The Morgan fingerprint density at radius 3 is 2.85 bits per heavy atom. The van der Waals surface area contributed by atoms with Crippen molar-refractivity contribution >= 4 is 17.3 Å². The number of aromatic nitrogens is 1. The number of carboxylic acid groups (broad SMARTS) is 1. The van der Waals surface area contributed by atoms with Crippen molar-refractivity contribution < 1.29 is 14.6 Å². The summed E-state index contributed by atoms with van der Waals surface area (Å²) in [6.07, 6.45) is 0. The van der Waals surface area contributed by atoms with E-state index in [4.69, 9.17) is 9.84 Å². The van der Waals surface area contributed by atoms with Crippen molar-refractivity contribution in [2.24, 2.45) is 0 Å². The number of nitrogens with zero attached hydrogens (tertiary/aromatic N) is 2. The van der Waals surface area contributed by atoms with Gasteiger partial charge in [-0.15, -0.1) is 11.3 Å². The first kappa shape index (κ1) is 14.5. The van der Waals surface area contributed by atoms with Crippen LogP contribution in [-0.4, -0.2) is 35.1 Å². The highest BCUT2D eigenvalue weighted by Crippen LogP contribution is 2.21. The van der Waals surface area contributed by atoms with E-state index in [1.54, 1.807) is 23.5 Å². The maximum absolute atomic E-state index is 11.0. The van der Waals surface area contributed by atoms with Crippen LogP contribution in [-0.2, 0) is 13.1 Å². The molecule has 6 heteroatoms. The number of benzene rings is 1. The van der Waals surface area contributed by atoms with Gasteiger partial charge in [0.25, 0.3) is 0 Å². The summed E-state index contributed by atoms with van der Waals surface area (Å²) >= 11 is 1.58. The Hall–Kier alpha value is -1.92. The summed E-state index contributed by atoms with van der Waals surface area (Å²) < 4.78 is 5.12. The molecule has 0 unspecified atom stereocenters. The Balaban J connectivity index is 2.07. The van der Waals surface area contributed by atoms with Gasteiger partial charge in [-0.25, -0.2) is 9.78 Å². The maximum Gasteiger partial charge on any atom is 0.339 e. The van der Waals surface area contributed by atoms with Gasteiger partial charge in [-0.05, 0) is 24.7 Å². The van der Waals surface area contributed by atoms with Crippen molar-refractivity contribution in [1.29, 1.82) is 0 Å². The number of methoxy groups -OCH3 is 1. The van der Waals surface area contributed by atoms with Gasteiger partial charge >= 0.3 is 5.97 Å². The molecule has 0 aliphatic rings. The Morgan fingerprint density at radius 1 is 1.45 bits per heavy atom. The van der Waals surface area contributed by atoms with Crippen LogP contribution in [0.5, 0.6) is 5.75 Å². The first-order chi connectivity index (χ1) is 9.60. The molecular weight excluding hydrogens is 276 g/mol. The highest BCUT2D eigenvalue weighted by atomic mass is 32.1. The van der Waals surface area contributed by atoms with Crippen LogP contribution >= 0.6 is 11.3 Å². The summed E-state index contributed by atoms with van der Waals surface area (Å²) in [7, 11) is 3.47. The summed E-state index contributed by atoms with van der Waals surface area (Å²) in [5.41, 5.74) is 4.03. The lowest BCUT2D eigenvalue weighted by Crippen LogP contribution is -2.17. The molecule has 0 saturated heterocycles. The van der Waals surface area contributed by atoms with Crippen LogP contribution in [0.25, 0.3) is 0 Å². The smallest absolute Gasteiger partial charge is 0.339 e. The highest BCUT2D eigenvalue weighted by molar-refractivity contribution is 7.07. The minimum atomic E-state index is -0.982. The van der Waals surface area contributed by atoms with Gasteiger partial charge in [0.1, 0.15) is 11.3 Å². The SMILES string of the molecule is COc1cc(CN(C)Cc2cscn2)ccc1C(=O)O. The summed E-state index contributed by atoms with van der Waals surface area (Å²) in [5.74, 6) is -0.596. The molecule has 0 bridgehead atoms. The van der Waals surface area contributed by atoms with Gasteiger partial charge in [-0.1, -0.05) is 6.07 Å². The molecule has 0 atom stereocenters. The van der Waals surface area contributed by atoms with E-state index < -0.39 is 5.97 Å². The fourth-order valence-corrected chi connectivity index (χ4v) is 2.52. The van der Waals surface area contributed by atoms with Gasteiger partial charge < -0.3 is 9.84 Å². The van der Waals surface area contributed by atoms with Crippen LogP contribution < -0.4 is 4.74 Å². The van der Waals surface area contributed by atoms with Crippen molar-refractivity contribution in [2.75, 3.05) is 14.2 Å². The monoisotopic (exact) mass is 292 g/mol. The van der Waals surface area contributed by atoms with Crippen LogP contribution in [0.1, 0.15) is 21.6 Å². The number of carboxylic acids is 1. The predicted octanol–water partition coefficient (Wildman–Crippen LogP) is 2.48. The van der Waals surface area contributed by atoms with Crippen molar-refractivity contribution in [1.82, 2.24) is 9.88 Å². The molecule has 0 radical (unpaired) electrons. The maximum atomic E-state index is 11.0. The highest BCUT2D eigenvalue weighted by Gasteiger charge is 2.12. The summed E-state index contributed by atoms with van der Waals surface area (Å²) in [6, 6.07) is 5.15. The third-order valence-corrected chi connectivity index (χ3v) is 3.50. The first-order valence-electron chi connectivity index (χ1n) is 6.06. The molecule has 1 heterocycles. The molecular formula is C14H16N2O3S. The quantitative estimate of drug-likeness (QED) is 0.886. The molecule has 5 nitrogen and oxygen atoms in total. The Kier molecular flexibility index (Phi) is 4.70. The van der Waals surface area contributed by atoms with Crippen molar-refractivity contribution in [3.63, 3.8) is 0 Å². The molecule has 0 aliphatic carbocycles. The molecule has 2 rings (SSSR count). The van der Waals surface area contributed by atoms with Gasteiger partial charge in [0, 0.05) is 18.5 Å². The Labute approximate surface area is 121 Å². The number of rotatable bonds is 6.